The molecular formula is C18H20O3. The molecule has 0 aliphatic heterocycles. The Labute approximate surface area is 125 Å². The smallest absolute Gasteiger partial charge is 0.122 e. The van der Waals surface area contributed by atoms with E-state index in [9.17, 15) is 5.11 Å². The van der Waals surface area contributed by atoms with Crippen LogP contribution in [-0.4, -0.2) is 18.8 Å². The highest BCUT2D eigenvalue weighted by molar-refractivity contribution is 5.44. The Morgan fingerprint density at radius 1 is 1.14 bits per heavy atom. The third-order valence-electron chi connectivity index (χ3n) is 4.00. The van der Waals surface area contributed by atoms with Crippen LogP contribution in [0.2, 0.25) is 0 Å². The van der Waals surface area contributed by atoms with Gasteiger partial charge in [-0.15, -0.1) is 0 Å². The fraction of sp³-hybridized carbons (Fsp3) is 0.333. The van der Waals surface area contributed by atoms with Crippen molar-refractivity contribution in [1.82, 2.24) is 0 Å². The molecule has 0 spiro atoms. The van der Waals surface area contributed by atoms with Gasteiger partial charge in [-0.1, -0.05) is 24.3 Å². The molecule has 0 bridgehead atoms. The first kappa shape index (κ1) is 14.0. The molecule has 0 amide bonds. The van der Waals surface area contributed by atoms with Gasteiger partial charge in [-0.25, -0.2) is 0 Å². The van der Waals surface area contributed by atoms with E-state index in [0.29, 0.717) is 6.61 Å². The summed E-state index contributed by atoms with van der Waals surface area (Å²) in [7, 11) is 1.67. The Balaban J connectivity index is 1.61. The number of benzene rings is 2. The molecule has 3 nitrogen and oxygen atoms in total. The van der Waals surface area contributed by atoms with Crippen LogP contribution in [0.1, 0.15) is 29.2 Å². The molecular weight excluding hydrogens is 264 g/mol. The van der Waals surface area contributed by atoms with Crippen LogP contribution in [0.4, 0.5) is 0 Å². The molecule has 1 aliphatic carbocycles. The number of rotatable bonds is 5. The molecule has 110 valence electrons. The summed E-state index contributed by atoms with van der Waals surface area (Å²) >= 11 is 0. The van der Waals surface area contributed by atoms with Crippen LogP contribution in [0.5, 0.6) is 11.5 Å². The molecule has 21 heavy (non-hydrogen) atoms. The van der Waals surface area contributed by atoms with E-state index in [-0.39, 0.29) is 6.10 Å². The summed E-state index contributed by atoms with van der Waals surface area (Å²) in [5, 5.41) is 9.89. The van der Waals surface area contributed by atoms with Crippen LogP contribution in [0, 0.1) is 0 Å². The van der Waals surface area contributed by atoms with E-state index in [2.05, 4.69) is 12.1 Å². The zero-order valence-electron chi connectivity index (χ0n) is 12.2. The minimum absolute atomic E-state index is 0.329. The van der Waals surface area contributed by atoms with Crippen LogP contribution in [0.25, 0.3) is 0 Å². The molecule has 1 atom stereocenters. The van der Waals surface area contributed by atoms with Crippen molar-refractivity contribution in [3.05, 3.63) is 59.2 Å². The molecule has 0 saturated heterocycles. The van der Waals surface area contributed by atoms with Crippen molar-refractivity contribution in [3.8, 4) is 11.5 Å². The summed E-state index contributed by atoms with van der Waals surface area (Å²) in [5.74, 6) is 1.78. The maximum Gasteiger partial charge on any atom is 0.122 e. The predicted octanol–water partition coefficient (Wildman–Crippen LogP) is 3.30. The maximum absolute atomic E-state index is 9.89. The monoisotopic (exact) mass is 284 g/mol. The second-order valence-electron chi connectivity index (χ2n) is 5.32. The average molecular weight is 284 g/mol. The highest BCUT2D eigenvalue weighted by Crippen LogP contribution is 2.36. The van der Waals surface area contributed by atoms with Gasteiger partial charge in [-0.3, -0.25) is 0 Å². The normalized spacial score (nSPS) is 16.6. The van der Waals surface area contributed by atoms with Crippen molar-refractivity contribution in [2.24, 2.45) is 0 Å². The highest BCUT2D eigenvalue weighted by atomic mass is 16.5. The lowest BCUT2D eigenvalue weighted by atomic mass is 10.1. The van der Waals surface area contributed by atoms with Crippen LogP contribution in [0.3, 0.4) is 0 Å². The number of aliphatic hydroxyl groups excluding tert-OH is 1. The van der Waals surface area contributed by atoms with E-state index in [1.54, 1.807) is 7.11 Å². The summed E-state index contributed by atoms with van der Waals surface area (Å²) in [6.07, 6.45) is 2.23. The maximum atomic E-state index is 9.89. The van der Waals surface area contributed by atoms with E-state index in [1.165, 1.54) is 11.1 Å². The van der Waals surface area contributed by atoms with Crippen LogP contribution >= 0.6 is 0 Å². The fourth-order valence-corrected chi connectivity index (χ4v) is 2.81. The van der Waals surface area contributed by atoms with Gasteiger partial charge in [0, 0.05) is 12.0 Å². The molecule has 3 rings (SSSR count). The number of ether oxygens (including phenoxy) is 2. The van der Waals surface area contributed by atoms with Crippen LogP contribution in [-0.2, 0) is 12.8 Å². The second kappa shape index (κ2) is 6.19. The summed E-state index contributed by atoms with van der Waals surface area (Å²) in [6.45, 7) is 0.638. The fourth-order valence-electron chi connectivity index (χ4n) is 2.81. The average Bonchev–Trinajstić information content (AvgIpc) is 2.91. The van der Waals surface area contributed by atoms with Crippen molar-refractivity contribution < 1.29 is 14.6 Å². The molecule has 0 radical (unpaired) electrons. The Hall–Kier alpha value is -2.00. The lowest BCUT2D eigenvalue weighted by Gasteiger charge is -2.11. The van der Waals surface area contributed by atoms with E-state index in [4.69, 9.17) is 9.47 Å². The minimum atomic E-state index is -0.329. The van der Waals surface area contributed by atoms with Crippen molar-refractivity contribution in [3.63, 3.8) is 0 Å². The van der Waals surface area contributed by atoms with Gasteiger partial charge in [0.25, 0.3) is 0 Å². The van der Waals surface area contributed by atoms with Crippen molar-refractivity contribution in [2.45, 2.75) is 25.4 Å². The lowest BCUT2D eigenvalue weighted by molar-refractivity contribution is 0.180. The SMILES string of the molecule is COc1ccc(CCOc2cccc3c2CCC3O)cc1. The van der Waals surface area contributed by atoms with E-state index in [1.807, 2.05) is 30.3 Å². The van der Waals surface area contributed by atoms with Gasteiger partial charge in [-0.2, -0.15) is 0 Å². The Bertz CT molecular complexity index is 604. The number of fused-ring (bicyclic) bond motifs is 1. The molecule has 3 heteroatoms. The van der Waals surface area contributed by atoms with Crippen LogP contribution < -0.4 is 9.47 Å². The first-order valence-electron chi connectivity index (χ1n) is 7.33. The number of aliphatic hydroxyl groups is 1. The van der Waals surface area contributed by atoms with Crippen molar-refractivity contribution in [1.29, 1.82) is 0 Å². The molecule has 1 aliphatic rings. The summed E-state index contributed by atoms with van der Waals surface area (Å²) < 4.78 is 11.1. The Morgan fingerprint density at radius 3 is 2.71 bits per heavy atom. The van der Waals surface area contributed by atoms with E-state index in [0.717, 1.165) is 36.3 Å². The van der Waals surface area contributed by atoms with Gasteiger partial charge < -0.3 is 14.6 Å². The second-order valence-corrected chi connectivity index (χ2v) is 5.32. The Kier molecular flexibility index (Phi) is 4.11. The quantitative estimate of drug-likeness (QED) is 0.915. The molecule has 2 aromatic carbocycles. The molecule has 1 N–H and O–H groups in total. The van der Waals surface area contributed by atoms with Gasteiger partial charge >= 0.3 is 0 Å². The third kappa shape index (κ3) is 3.03. The zero-order chi connectivity index (χ0) is 14.7. The van der Waals surface area contributed by atoms with E-state index >= 15 is 0 Å². The molecule has 1 unspecified atom stereocenters. The zero-order valence-corrected chi connectivity index (χ0v) is 12.2. The molecule has 0 heterocycles. The van der Waals surface area contributed by atoms with E-state index < -0.39 is 0 Å². The summed E-state index contributed by atoms with van der Waals surface area (Å²) in [4.78, 5) is 0. The minimum Gasteiger partial charge on any atom is -0.497 e. The molecule has 0 aromatic heterocycles. The summed E-state index contributed by atoms with van der Waals surface area (Å²) in [5.41, 5.74) is 3.42. The van der Waals surface area contributed by atoms with Gasteiger partial charge in [0.2, 0.25) is 0 Å². The third-order valence-corrected chi connectivity index (χ3v) is 4.00. The summed E-state index contributed by atoms with van der Waals surface area (Å²) in [6, 6.07) is 14.0. The van der Waals surface area contributed by atoms with Gasteiger partial charge in [0.15, 0.2) is 0 Å². The van der Waals surface area contributed by atoms with Gasteiger partial charge in [-0.05, 0) is 42.2 Å². The standard InChI is InChI=1S/C18H20O3/c1-20-14-7-5-13(6-8-14)11-12-21-18-4-2-3-15-16(18)9-10-17(15)19/h2-8,17,19H,9-12H2,1H3. The topological polar surface area (TPSA) is 38.7 Å². The molecule has 0 saturated carbocycles. The first-order valence-corrected chi connectivity index (χ1v) is 7.33. The predicted molar refractivity (Wildman–Crippen MR) is 81.9 cm³/mol. The van der Waals surface area contributed by atoms with Crippen LogP contribution in [0.15, 0.2) is 42.5 Å². The number of methoxy groups -OCH3 is 1. The number of hydrogen-bond donors (Lipinski definition) is 1. The molecule has 0 fully saturated rings. The first-order chi connectivity index (χ1) is 10.3. The van der Waals surface area contributed by atoms with Gasteiger partial charge in [0.1, 0.15) is 11.5 Å². The molecule has 2 aromatic rings. The van der Waals surface area contributed by atoms with Crippen molar-refractivity contribution >= 4 is 0 Å². The largest absolute Gasteiger partial charge is 0.497 e. The highest BCUT2D eigenvalue weighted by Gasteiger charge is 2.22. The van der Waals surface area contributed by atoms with Crippen molar-refractivity contribution in [2.75, 3.05) is 13.7 Å². The van der Waals surface area contributed by atoms with Gasteiger partial charge in [0.05, 0.1) is 19.8 Å². The number of hydrogen-bond acceptors (Lipinski definition) is 3. The Morgan fingerprint density at radius 2 is 1.95 bits per heavy atom. The lowest BCUT2D eigenvalue weighted by Crippen LogP contribution is -2.03.